The normalized spacial score (nSPS) is 16.8. The number of hydrogen-bond acceptors (Lipinski definition) is 6. The predicted molar refractivity (Wildman–Crippen MR) is 102 cm³/mol. The van der Waals surface area contributed by atoms with Gasteiger partial charge in [0.05, 0.1) is 27.9 Å². The highest BCUT2D eigenvalue weighted by Crippen LogP contribution is 2.34. The molecule has 9 heteroatoms. The Kier molecular flexibility index (Phi) is 9.17. The minimum Gasteiger partial charge on any atom is -0.496 e. The highest BCUT2D eigenvalue weighted by molar-refractivity contribution is 5.85. The van der Waals surface area contributed by atoms with Gasteiger partial charge in [0.1, 0.15) is 11.8 Å². The Morgan fingerprint density at radius 2 is 1.74 bits per heavy atom. The van der Waals surface area contributed by atoms with Gasteiger partial charge in [-0.25, -0.2) is 0 Å². The van der Waals surface area contributed by atoms with Gasteiger partial charge in [0.25, 0.3) is 0 Å². The fourth-order valence-corrected chi connectivity index (χ4v) is 3.12. The van der Waals surface area contributed by atoms with Crippen molar-refractivity contribution in [3.8, 4) is 17.2 Å². The SMILES string of the molecule is COc1cc(OC)c(OC)cc1CNC(=O)CN1CCCCC1C(=O)O.Cl. The molecule has 0 spiro atoms. The quantitative estimate of drug-likeness (QED) is 0.682. The van der Waals surface area contributed by atoms with Crippen LogP contribution in [0.15, 0.2) is 12.1 Å². The van der Waals surface area contributed by atoms with Crippen LogP contribution in [0.4, 0.5) is 0 Å². The van der Waals surface area contributed by atoms with Crippen molar-refractivity contribution in [2.75, 3.05) is 34.4 Å². The third-order valence-electron chi connectivity index (χ3n) is 4.51. The molecule has 2 rings (SSSR count). The van der Waals surface area contributed by atoms with Crippen molar-refractivity contribution in [2.45, 2.75) is 31.8 Å². The molecule has 0 saturated carbocycles. The lowest BCUT2D eigenvalue weighted by Gasteiger charge is -2.32. The Labute approximate surface area is 165 Å². The van der Waals surface area contributed by atoms with Crippen LogP contribution in [-0.2, 0) is 16.1 Å². The van der Waals surface area contributed by atoms with Crippen molar-refractivity contribution in [3.05, 3.63) is 17.7 Å². The van der Waals surface area contributed by atoms with Crippen LogP contribution in [0.2, 0.25) is 0 Å². The number of likely N-dealkylation sites (tertiary alicyclic amines) is 1. The molecule has 1 fully saturated rings. The first-order chi connectivity index (χ1) is 12.5. The van der Waals surface area contributed by atoms with Gasteiger partial charge in [0, 0.05) is 18.2 Å². The molecule has 1 aliphatic heterocycles. The molecule has 1 atom stereocenters. The monoisotopic (exact) mass is 402 g/mol. The molecular formula is C18H27ClN2O6. The molecule has 0 radical (unpaired) electrons. The Morgan fingerprint density at radius 1 is 1.11 bits per heavy atom. The van der Waals surface area contributed by atoms with Crippen molar-refractivity contribution in [1.29, 1.82) is 0 Å². The lowest BCUT2D eigenvalue weighted by atomic mass is 10.0. The molecule has 1 aromatic rings. The highest BCUT2D eigenvalue weighted by atomic mass is 35.5. The van der Waals surface area contributed by atoms with E-state index in [-0.39, 0.29) is 31.4 Å². The Bertz CT molecular complexity index is 655. The first kappa shape index (κ1) is 22.9. The first-order valence-corrected chi connectivity index (χ1v) is 8.52. The second-order valence-corrected chi connectivity index (χ2v) is 6.12. The van der Waals surface area contributed by atoms with Crippen LogP contribution in [0.25, 0.3) is 0 Å². The Hall–Kier alpha value is -2.19. The molecule has 27 heavy (non-hydrogen) atoms. The van der Waals surface area contributed by atoms with Gasteiger partial charge in [-0.2, -0.15) is 0 Å². The molecule has 8 nitrogen and oxygen atoms in total. The van der Waals surface area contributed by atoms with Gasteiger partial charge < -0.3 is 24.6 Å². The zero-order chi connectivity index (χ0) is 19.1. The maximum absolute atomic E-state index is 12.3. The summed E-state index contributed by atoms with van der Waals surface area (Å²) < 4.78 is 15.9. The zero-order valence-electron chi connectivity index (χ0n) is 15.8. The van der Waals surface area contributed by atoms with Crippen molar-refractivity contribution < 1.29 is 28.9 Å². The van der Waals surface area contributed by atoms with Crippen molar-refractivity contribution in [2.24, 2.45) is 0 Å². The number of amides is 1. The molecule has 1 aliphatic rings. The van der Waals surface area contributed by atoms with E-state index >= 15 is 0 Å². The van der Waals surface area contributed by atoms with E-state index in [1.54, 1.807) is 17.0 Å². The van der Waals surface area contributed by atoms with Gasteiger partial charge in [-0.15, -0.1) is 12.4 Å². The summed E-state index contributed by atoms with van der Waals surface area (Å²) in [7, 11) is 4.61. The molecule has 152 valence electrons. The predicted octanol–water partition coefficient (Wildman–Crippen LogP) is 1.69. The van der Waals surface area contributed by atoms with Crippen LogP contribution in [0.1, 0.15) is 24.8 Å². The number of aliphatic carboxylic acids is 1. The van der Waals surface area contributed by atoms with Gasteiger partial charge in [-0.1, -0.05) is 6.42 Å². The number of carbonyl (C=O) groups is 2. The Morgan fingerprint density at radius 3 is 2.33 bits per heavy atom. The van der Waals surface area contributed by atoms with E-state index in [1.165, 1.54) is 21.3 Å². The summed E-state index contributed by atoms with van der Waals surface area (Å²) >= 11 is 0. The van der Waals surface area contributed by atoms with E-state index in [0.717, 1.165) is 18.4 Å². The maximum Gasteiger partial charge on any atom is 0.320 e. The summed E-state index contributed by atoms with van der Waals surface area (Å²) in [5.41, 5.74) is 0.743. The number of nitrogens with zero attached hydrogens (tertiary/aromatic N) is 1. The van der Waals surface area contributed by atoms with Crippen LogP contribution in [-0.4, -0.2) is 62.3 Å². The second kappa shape index (κ2) is 10.8. The molecular weight excluding hydrogens is 376 g/mol. The Balaban J connectivity index is 0.00000364. The number of carboxylic acid groups (broad SMARTS) is 1. The second-order valence-electron chi connectivity index (χ2n) is 6.12. The van der Waals surface area contributed by atoms with E-state index in [0.29, 0.717) is 30.2 Å². The van der Waals surface area contributed by atoms with Crippen LogP contribution in [0, 0.1) is 0 Å². The van der Waals surface area contributed by atoms with Crippen LogP contribution in [0.3, 0.4) is 0 Å². The molecule has 1 aromatic carbocycles. The first-order valence-electron chi connectivity index (χ1n) is 8.52. The number of methoxy groups -OCH3 is 3. The summed E-state index contributed by atoms with van der Waals surface area (Å²) in [5.74, 6) is 0.551. The molecule has 1 saturated heterocycles. The lowest BCUT2D eigenvalue weighted by molar-refractivity contribution is -0.145. The smallest absolute Gasteiger partial charge is 0.320 e. The number of halogens is 1. The third kappa shape index (κ3) is 5.90. The number of nitrogens with one attached hydrogen (secondary N) is 1. The van der Waals surface area contributed by atoms with Crippen molar-refractivity contribution >= 4 is 24.3 Å². The number of hydrogen-bond donors (Lipinski definition) is 2. The number of piperidine rings is 1. The standard InChI is InChI=1S/C18H26N2O6.ClH/c1-24-14-9-16(26-3)15(25-2)8-12(14)10-19-17(21)11-20-7-5-4-6-13(20)18(22)23;/h8-9,13H,4-7,10-11H2,1-3H3,(H,19,21)(H,22,23);1H. The fourth-order valence-electron chi connectivity index (χ4n) is 3.12. The summed E-state index contributed by atoms with van der Waals surface area (Å²) in [5, 5.41) is 12.1. The molecule has 0 bridgehead atoms. The van der Waals surface area contributed by atoms with Crippen molar-refractivity contribution in [3.63, 3.8) is 0 Å². The lowest BCUT2D eigenvalue weighted by Crippen LogP contribution is -2.48. The van der Waals surface area contributed by atoms with Crippen LogP contribution >= 0.6 is 12.4 Å². The van der Waals surface area contributed by atoms with Gasteiger partial charge in [0.15, 0.2) is 11.5 Å². The molecule has 1 unspecified atom stereocenters. The van der Waals surface area contributed by atoms with E-state index in [1.807, 2.05) is 0 Å². The number of carbonyl (C=O) groups excluding carboxylic acids is 1. The third-order valence-corrected chi connectivity index (χ3v) is 4.51. The van der Waals surface area contributed by atoms with E-state index in [2.05, 4.69) is 5.32 Å². The summed E-state index contributed by atoms with van der Waals surface area (Å²) in [6.45, 7) is 0.921. The molecule has 1 amide bonds. The average Bonchev–Trinajstić information content (AvgIpc) is 2.65. The van der Waals surface area contributed by atoms with Gasteiger partial charge >= 0.3 is 5.97 Å². The maximum atomic E-state index is 12.3. The number of carboxylic acids is 1. The van der Waals surface area contributed by atoms with E-state index < -0.39 is 12.0 Å². The zero-order valence-corrected chi connectivity index (χ0v) is 16.6. The summed E-state index contributed by atoms with van der Waals surface area (Å²) in [6.07, 6.45) is 2.35. The number of rotatable bonds is 8. The molecule has 0 aliphatic carbocycles. The van der Waals surface area contributed by atoms with E-state index in [9.17, 15) is 14.7 Å². The van der Waals surface area contributed by atoms with Crippen LogP contribution < -0.4 is 19.5 Å². The summed E-state index contributed by atoms with van der Waals surface area (Å²) in [6, 6.07) is 2.86. The fraction of sp³-hybridized carbons (Fsp3) is 0.556. The largest absolute Gasteiger partial charge is 0.496 e. The van der Waals surface area contributed by atoms with Crippen molar-refractivity contribution in [1.82, 2.24) is 10.2 Å². The van der Waals surface area contributed by atoms with Gasteiger partial charge in [-0.3, -0.25) is 14.5 Å². The summed E-state index contributed by atoms with van der Waals surface area (Å²) in [4.78, 5) is 25.3. The highest BCUT2D eigenvalue weighted by Gasteiger charge is 2.29. The number of ether oxygens (including phenoxy) is 3. The van der Waals surface area contributed by atoms with Gasteiger partial charge in [0.2, 0.25) is 5.91 Å². The molecule has 0 aromatic heterocycles. The van der Waals surface area contributed by atoms with E-state index in [4.69, 9.17) is 14.2 Å². The van der Waals surface area contributed by atoms with Gasteiger partial charge in [-0.05, 0) is 25.5 Å². The molecule has 2 N–H and O–H groups in total. The molecule has 1 heterocycles. The topological polar surface area (TPSA) is 97.3 Å². The minimum absolute atomic E-state index is 0. The average molecular weight is 403 g/mol. The van der Waals surface area contributed by atoms with Crippen LogP contribution in [0.5, 0.6) is 17.2 Å². The number of benzene rings is 1. The minimum atomic E-state index is -0.876.